The fraction of sp³-hybridized carbons (Fsp3) is 0.333. The molecular formula is C15H14F3N3O5S. The van der Waals surface area contributed by atoms with Crippen LogP contribution in [0.25, 0.3) is 5.69 Å². The highest BCUT2D eigenvalue weighted by Crippen LogP contribution is 2.33. The molecule has 2 aromatic rings. The van der Waals surface area contributed by atoms with Crippen molar-refractivity contribution >= 4 is 16.2 Å². The first-order valence-corrected chi connectivity index (χ1v) is 9.16. The van der Waals surface area contributed by atoms with E-state index in [0.717, 1.165) is 9.58 Å². The number of hydrogen-bond acceptors (Lipinski definition) is 5. The highest BCUT2D eigenvalue weighted by atomic mass is 32.2. The number of rotatable bonds is 3. The summed E-state index contributed by atoms with van der Waals surface area (Å²) in [4.78, 5) is 12.2. The lowest BCUT2D eigenvalue weighted by Gasteiger charge is -2.16. The van der Waals surface area contributed by atoms with E-state index in [-0.39, 0.29) is 37.2 Å². The van der Waals surface area contributed by atoms with Crippen LogP contribution in [0.1, 0.15) is 11.3 Å². The smallest absolute Gasteiger partial charge is 0.465 e. The zero-order valence-corrected chi connectivity index (χ0v) is 14.5. The largest absolute Gasteiger partial charge is 0.534 e. The molecule has 146 valence electrons. The Kier molecular flexibility index (Phi) is 4.76. The molecule has 0 spiro atoms. The molecule has 0 saturated heterocycles. The maximum atomic E-state index is 12.8. The number of fused-ring (bicyclic) bond motifs is 1. The zero-order chi connectivity index (χ0) is 19.8. The van der Waals surface area contributed by atoms with Crippen molar-refractivity contribution in [3.05, 3.63) is 41.6 Å². The fourth-order valence-corrected chi connectivity index (χ4v) is 3.18. The molecule has 8 nitrogen and oxygen atoms in total. The average Bonchev–Trinajstić information content (AvgIpc) is 2.78. The van der Waals surface area contributed by atoms with Crippen molar-refractivity contribution in [1.29, 1.82) is 0 Å². The van der Waals surface area contributed by atoms with Gasteiger partial charge in [0, 0.05) is 25.1 Å². The Morgan fingerprint density at radius 3 is 2.37 bits per heavy atom. The van der Waals surface area contributed by atoms with Crippen molar-refractivity contribution in [2.45, 2.75) is 18.3 Å². The predicted octanol–water partition coefficient (Wildman–Crippen LogP) is 2.18. The lowest BCUT2D eigenvalue weighted by atomic mass is 10.1. The second kappa shape index (κ2) is 6.76. The summed E-state index contributed by atoms with van der Waals surface area (Å²) in [5.74, 6) is -0.583. The number of benzene rings is 1. The van der Waals surface area contributed by atoms with Crippen LogP contribution >= 0.6 is 0 Å². The number of aromatic nitrogens is 2. The third kappa shape index (κ3) is 3.70. The van der Waals surface area contributed by atoms with E-state index >= 15 is 0 Å². The molecule has 1 amide bonds. The van der Waals surface area contributed by atoms with Crippen LogP contribution in [0.2, 0.25) is 0 Å². The summed E-state index contributed by atoms with van der Waals surface area (Å²) in [6.45, 7) is 0.0604. The van der Waals surface area contributed by atoms with Crippen LogP contribution in [0.5, 0.6) is 5.88 Å². The van der Waals surface area contributed by atoms with E-state index in [1.165, 1.54) is 12.1 Å². The minimum Gasteiger partial charge on any atom is -0.465 e. The molecule has 0 fully saturated rings. The van der Waals surface area contributed by atoms with Crippen molar-refractivity contribution in [2.24, 2.45) is 0 Å². The van der Waals surface area contributed by atoms with Gasteiger partial charge in [0.05, 0.1) is 11.4 Å². The van der Waals surface area contributed by atoms with Crippen LogP contribution in [-0.2, 0) is 23.0 Å². The van der Waals surface area contributed by atoms with E-state index in [4.69, 9.17) is 5.11 Å². The van der Waals surface area contributed by atoms with E-state index in [1.54, 1.807) is 18.2 Å². The van der Waals surface area contributed by atoms with Gasteiger partial charge < -0.3 is 14.2 Å². The van der Waals surface area contributed by atoms with Crippen molar-refractivity contribution in [3.8, 4) is 11.6 Å². The van der Waals surface area contributed by atoms with Crippen LogP contribution in [0.4, 0.5) is 18.0 Å². The summed E-state index contributed by atoms with van der Waals surface area (Å²) >= 11 is 0. The van der Waals surface area contributed by atoms with Gasteiger partial charge in [-0.25, -0.2) is 4.79 Å². The van der Waals surface area contributed by atoms with E-state index < -0.39 is 27.6 Å². The number of amides is 1. The third-order valence-corrected chi connectivity index (χ3v) is 4.96. The molecule has 1 aromatic carbocycles. The molecule has 1 aromatic heterocycles. The Labute approximate surface area is 151 Å². The van der Waals surface area contributed by atoms with Crippen molar-refractivity contribution < 1.29 is 35.7 Å². The molecule has 27 heavy (non-hydrogen) atoms. The molecule has 2 heterocycles. The molecule has 0 aliphatic carbocycles. The summed E-state index contributed by atoms with van der Waals surface area (Å²) < 4.78 is 67.0. The maximum absolute atomic E-state index is 12.8. The van der Waals surface area contributed by atoms with E-state index in [2.05, 4.69) is 9.28 Å². The molecule has 0 atom stereocenters. The van der Waals surface area contributed by atoms with Crippen molar-refractivity contribution in [2.75, 3.05) is 13.1 Å². The van der Waals surface area contributed by atoms with Gasteiger partial charge in [-0.1, -0.05) is 18.2 Å². The third-order valence-electron chi connectivity index (χ3n) is 4.01. The first kappa shape index (κ1) is 19.0. The lowest BCUT2D eigenvalue weighted by Crippen LogP contribution is -2.32. The molecule has 0 unspecified atom stereocenters. The number of para-hydroxylation sites is 1. The minimum atomic E-state index is -5.92. The maximum Gasteiger partial charge on any atom is 0.534 e. The van der Waals surface area contributed by atoms with Gasteiger partial charge in [0.15, 0.2) is 0 Å². The molecule has 0 radical (unpaired) electrons. The van der Waals surface area contributed by atoms with Gasteiger partial charge in [-0.05, 0) is 18.6 Å². The number of alkyl halides is 3. The number of carbonyl (C=O) groups is 1. The topological polar surface area (TPSA) is 102 Å². The van der Waals surface area contributed by atoms with Gasteiger partial charge in [-0.2, -0.15) is 31.4 Å². The molecule has 1 N–H and O–H groups in total. The van der Waals surface area contributed by atoms with Gasteiger partial charge in [0.1, 0.15) is 0 Å². The summed E-state index contributed by atoms with van der Waals surface area (Å²) in [6, 6.07) is 7.95. The van der Waals surface area contributed by atoms with Gasteiger partial charge in [-0.3, -0.25) is 0 Å². The predicted molar refractivity (Wildman–Crippen MR) is 86.2 cm³/mol. The molecule has 1 aliphatic rings. The Hall–Kier alpha value is -2.76. The standard InChI is InChI=1S/C15H14F3N3O5S/c16-15(17,18)27(24,25)26-13-11-6-8-20(14(22)23)9-7-12(11)19-21(13)10-4-2-1-3-5-10/h1-5H,6-9H2,(H,22,23). The normalized spacial score (nSPS) is 15.1. The van der Waals surface area contributed by atoms with Crippen LogP contribution in [0.3, 0.4) is 0 Å². The quantitative estimate of drug-likeness (QED) is 0.620. The molecule has 1 aliphatic heterocycles. The minimum absolute atomic E-state index is 0.0226. The Balaban J connectivity index is 2.09. The van der Waals surface area contributed by atoms with Crippen LogP contribution in [0, 0.1) is 0 Å². The number of halogens is 3. The Morgan fingerprint density at radius 2 is 1.78 bits per heavy atom. The molecule has 12 heteroatoms. The highest BCUT2D eigenvalue weighted by molar-refractivity contribution is 7.87. The summed E-state index contributed by atoms with van der Waals surface area (Å²) in [5, 5.41) is 13.3. The molecular weight excluding hydrogens is 391 g/mol. The zero-order valence-electron chi connectivity index (χ0n) is 13.7. The highest BCUT2D eigenvalue weighted by Gasteiger charge is 2.49. The molecule has 0 bridgehead atoms. The Bertz CT molecular complexity index is 957. The first-order chi connectivity index (χ1) is 12.6. The van der Waals surface area contributed by atoms with E-state index in [1.807, 2.05) is 0 Å². The monoisotopic (exact) mass is 405 g/mol. The lowest BCUT2D eigenvalue weighted by molar-refractivity contribution is -0.0502. The van der Waals surface area contributed by atoms with Crippen LogP contribution in [-0.4, -0.2) is 52.9 Å². The van der Waals surface area contributed by atoms with Gasteiger partial charge in [-0.15, -0.1) is 0 Å². The van der Waals surface area contributed by atoms with Gasteiger partial charge in [0.2, 0.25) is 5.88 Å². The van der Waals surface area contributed by atoms with Crippen LogP contribution in [0.15, 0.2) is 30.3 Å². The summed E-state index contributed by atoms with van der Waals surface area (Å²) in [7, 11) is -5.92. The van der Waals surface area contributed by atoms with E-state index in [9.17, 15) is 26.4 Å². The van der Waals surface area contributed by atoms with Crippen molar-refractivity contribution in [1.82, 2.24) is 14.7 Å². The molecule has 0 saturated carbocycles. The molecule has 3 rings (SSSR count). The SMILES string of the molecule is O=C(O)N1CCc2nn(-c3ccccc3)c(OS(=O)(=O)C(F)(F)F)c2CC1. The first-order valence-electron chi connectivity index (χ1n) is 7.75. The van der Waals surface area contributed by atoms with E-state index in [0.29, 0.717) is 5.69 Å². The second-order valence-corrected chi connectivity index (χ2v) is 7.27. The van der Waals surface area contributed by atoms with Crippen LogP contribution < -0.4 is 4.18 Å². The summed E-state index contributed by atoms with van der Waals surface area (Å²) in [5.41, 5.74) is -4.87. The average molecular weight is 405 g/mol. The Morgan fingerprint density at radius 1 is 1.15 bits per heavy atom. The fourth-order valence-electron chi connectivity index (χ4n) is 2.70. The van der Waals surface area contributed by atoms with Crippen molar-refractivity contribution in [3.63, 3.8) is 0 Å². The number of nitrogens with zero attached hydrogens (tertiary/aromatic N) is 3. The van der Waals surface area contributed by atoms with Gasteiger partial charge >= 0.3 is 21.7 Å². The number of carboxylic acid groups (broad SMARTS) is 1. The summed E-state index contributed by atoms with van der Waals surface area (Å²) in [6.07, 6.45) is -1.09. The van der Waals surface area contributed by atoms with Gasteiger partial charge in [0.25, 0.3) is 0 Å². The number of hydrogen-bond donors (Lipinski definition) is 1. The second-order valence-electron chi connectivity index (χ2n) is 5.73.